The van der Waals surface area contributed by atoms with Crippen LogP contribution in [0.4, 0.5) is 11.4 Å². The summed E-state index contributed by atoms with van der Waals surface area (Å²) in [5, 5.41) is 2.92. The number of hydrogen-bond donors (Lipinski definition) is 1. The van der Waals surface area contributed by atoms with E-state index in [1.165, 1.54) is 5.56 Å². The minimum absolute atomic E-state index is 0.0175. The van der Waals surface area contributed by atoms with E-state index in [-0.39, 0.29) is 17.4 Å². The van der Waals surface area contributed by atoms with Gasteiger partial charge in [0, 0.05) is 28.0 Å². The number of nitrogens with zero attached hydrogens (tertiary/aromatic N) is 1. The van der Waals surface area contributed by atoms with Gasteiger partial charge in [-0.1, -0.05) is 36.4 Å². The number of para-hydroxylation sites is 1. The highest BCUT2D eigenvalue weighted by Crippen LogP contribution is 2.36. The van der Waals surface area contributed by atoms with Crippen LogP contribution in [-0.4, -0.2) is 17.4 Å². The molecule has 3 aromatic rings. The second kappa shape index (κ2) is 8.38. The van der Waals surface area contributed by atoms with E-state index in [0.29, 0.717) is 16.8 Å². The average Bonchev–Trinajstić information content (AvgIpc) is 2.88. The Morgan fingerprint density at radius 3 is 2.32 bits per heavy atom. The molecule has 2 amide bonds. The molecule has 0 saturated carbocycles. The molecule has 0 aliphatic carbocycles. The molecule has 1 heterocycles. The van der Waals surface area contributed by atoms with Crippen molar-refractivity contribution in [3.05, 3.63) is 95.1 Å². The molecule has 4 rings (SSSR count). The number of carbonyl (C=O) groups is 2. The summed E-state index contributed by atoms with van der Waals surface area (Å²) in [6.07, 6.45) is 2.98. The van der Waals surface area contributed by atoms with Crippen LogP contribution in [0.2, 0.25) is 0 Å². The van der Waals surface area contributed by atoms with Crippen LogP contribution in [0, 0.1) is 6.92 Å². The molecule has 0 unspecified atom stereocenters. The molecule has 0 bridgehead atoms. The highest BCUT2D eigenvalue weighted by atomic mass is 16.2. The van der Waals surface area contributed by atoms with Gasteiger partial charge in [-0.2, -0.15) is 0 Å². The predicted octanol–water partition coefficient (Wildman–Crippen LogP) is 6.01. The minimum Gasteiger partial charge on any atom is -0.322 e. The largest absolute Gasteiger partial charge is 0.322 e. The monoisotopic (exact) mass is 412 g/mol. The van der Waals surface area contributed by atoms with Crippen molar-refractivity contribution in [2.75, 3.05) is 10.2 Å². The molecule has 1 aliphatic rings. The van der Waals surface area contributed by atoms with Gasteiger partial charge in [0.15, 0.2) is 0 Å². The van der Waals surface area contributed by atoms with Gasteiger partial charge >= 0.3 is 0 Å². The minimum atomic E-state index is -0.276. The molecule has 31 heavy (non-hydrogen) atoms. The number of anilines is 2. The number of hydrogen-bond acceptors (Lipinski definition) is 2. The molecular formula is C27H28N2O2. The Bertz CT molecular complexity index is 1120. The topological polar surface area (TPSA) is 49.4 Å². The quantitative estimate of drug-likeness (QED) is 0.573. The first-order chi connectivity index (χ1) is 14.9. The highest BCUT2D eigenvalue weighted by Gasteiger charge is 2.35. The third-order valence-corrected chi connectivity index (χ3v) is 6.06. The molecule has 0 aromatic heterocycles. The molecule has 3 aromatic carbocycles. The zero-order chi connectivity index (χ0) is 22.0. The summed E-state index contributed by atoms with van der Waals surface area (Å²) in [5.41, 5.74) is 4.77. The summed E-state index contributed by atoms with van der Waals surface area (Å²) >= 11 is 0. The third kappa shape index (κ3) is 4.24. The van der Waals surface area contributed by atoms with Crippen LogP contribution >= 0.6 is 0 Å². The van der Waals surface area contributed by atoms with Crippen LogP contribution in [0.3, 0.4) is 0 Å². The van der Waals surface area contributed by atoms with Gasteiger partial charge in [0.25, 0.3) is 11.8 Å². The fourth-order valence-corrected chi connectivity index (χ4v) is 4.33. The van der Waals surface area contributed by atoms with Gasteiger partial charge in [-0.3, -0.25) is 9.59 Å². The molecule has 0 saturated heterocycles. The molecule has 0 fully saturated rings. The van der Waals surface area contributed by atoms with E-state index in [1.54, 1.807) is 30.3 Å². The van der Waals surface area contributed by atoms with Crippen LogP contribution in [0.1, 0.15) is 58.5 Å². The Morgan fingerprint density at radius 1 is 0.903 bits per heavy atom. The molecule has 4 nitrogen and oxygen atoms in total. The number of amides is 2. The number of fused-ring (bicyclic) bond motifs is 1. The Morgan fingerprint density at radius 2 is 1.58 bits per heavy atom. The normalized spacial score (nSPS) is 15.0. The zero-order valence-corrected chi connectivity index (χ0v) is 18.3. The first kappa shape index (κ1) is 20.9. The van der Waals surface area contributed by atoms with Crippen molar-refractivity contribution < 1.29 is 9.59 Å². The van der Waals surface area contributed by atoms with Crippen LogP contribution in [0.5, 0.6) is 0 Å². The smallest absolute Gasteiger partial charge is 0.258 e. The molecular weight excluding hydrogens is 384 g/mol. The van der Waals surface area contributed by atoms with Gasteiger partial charge in [0.1, 0.15) is 0 Å². The third-order valence-electron chi connectivity index (χ3n) is 6.06. The number of aryl methyl sites for hydroxylation is 2. The number of benzene rings is 3. The van der Waals surface area contributed by atoms with E-state index in [9.17, 15) is 9.59 Å². The van der Waals surface area contributed by atoms with Crippen molar-refractivity contribution in [3.8, 4) is 0 Å². The fraction of sp³-hybridized carbons (Fsp3) is 0.259. The zero-order valence-electron chi connectivity index (χ0n) is 18.3. The van der Waals surface area contributed by atoms with E-state index in [2.05, 4.69) is 25.2 Å². The standard InChI is InChI=1S/C27H28N2O2/c1-19-9-4-6-12-23(19)25(30)28-22-16-14-21(15-17-22)26(31)29-24-13-7-5-10-20(24)11-8-18-27(29,2)3/h4-7,9-10,12-17H,8,11,18H2,1-3H3,(H,28,30). The van der Waals surface area contributed by atoms with Crippen molar-refractivity contribution >= 4 is 23.2 Å². The summed E-state index contributed by atoms with van der Waals surface area (Å²) in [5.74, 6) is -0.170. The summed E-state index contributed by atoms with van der Waals surface area (Å²) < 4.78 is 0. The van der Waals surface area contributed by atoms with E-state index < -0.39 is 0 Å². The summed E-state index contributed by atoms with van der Waals surface area (Å²) in [7, 11) is 0. The van der Waals surface area contributed by atoms with E-state index in [1.807, 2.05) is 48.2 Å². The number of rotatable bonds is 3. The maximum absolute atomic E-state index is 13.6. The molecule has 1 aliphatic heterocycles. The van der Waals surface area contributed by atoms with Gasteiger partial charge in [-0.15, -0.1) is 0 Å². The number of nitrogens with one attached hydrogen (secondary N) is 1. The van der Waals surface area contributed by atoms with Gasteiger partial charge in [-0.25, -0.2) is 0 Å². The van der Waals surface area contributed by atoms with Gasteiger partial charge < -0.3 is 10.2 Å². The van der Waals surface area contributed by atoms with Gasteiger partial charge in [0.2, 0.25) is 0 Å². The van der Waals surface area contributed by atoms with E-state index in [4.69, 9.17) is 0 Å². The first-order valence-electron chi connectivity index (χ1n) is 10.8. The van der Waals surface area contributed by atoms with Gasteiger partial charge in [-0.05, 0) is 87.6 Å². The summed E-state index contributed by atoms with van der Waals surface area (Å²) in [6.45, 7) is 6.17. The molecule has 0 spiro atoms. The lowest BCUT2D eigenvalue weighted by molar-refractivity contribution is 0.0959. The summed E-state index contributed by atoms with van der Waals surface area (Å²) in [6, 6.07) is 22.8. The van der Waals surface area contributed by atoms with Crippen molar-refractivity contribution in [3.63, 3.8) is 0 Å². The Hall–Kier alpha value is -3.40. The van der Waals surface area contributed by atoms with Crippen LogP contribution < -0.4 is 10.2 Å². The second-order valence-corrected chi connectivity index (χ2v) is 8.78. The molecule has 4 heteroatoms. The van der Waals surface area contributed by atoms with Crippen molar-refractivity contribution in [1.29, 1.82) is 0 Å². The van der Waals surface area contributed by atoms with E-state index >= 15 is 0 Å². The molecule has 1 N–H and O–H groups in total. The van der Waals surface area contributed by atoms with Crippen LogP contribution in [0.25, 0.3) is 0 Å². The maximum atomic E-state index is 13.6. The first-order valence-corrected chi connectivity index (χ1v) is 10.8. The average molecular weight is 413 g/mol. The van der Waals surface area contributed by atoms with Crippen molar-refractivity contribution in [2.24, 2.45) is 0 Å². The molecule has 158 valence electrons. The highest BCUT2D eigenvalue weighted by molar-refractivity contribution is 6.08. The lowest BCUT2D eigenvalue weighted by Gasteiger charge is -2.38. The lowest BCUT2D eigenvalue weighted by Crippen LogP contribution is -2.47. The van der Waals surface area contributed by atoms with Crippen LogP contribution in [0.15, 0.2) is 72.8 Å². The molecule has 0 radical (unpaired) electrons. The second-order valence-electron chi connectivity index (χ2n) is 8.78. The Labute approximate surface area is 183 Å². The van der Waals surface area contributed by atoms with E-state index in [0.717, 1.165) is 30.5 Å². The SMILES string of the molecule is Cc1ccccc1C(=O)Nc1ccc(C(=O)N2c3ccccc3CCCC2(C)C)cc1. The predicted molar refractivity (Wildman–Crippen MR) is 126 cm³/mol. The number of carbonyl (C=O) groups excluding carboxylic acids is 2. The lowest BCUT2D eigenvalue weighted by atomic mass is 9.95. The van der Waals surface area contributed by atoms with Crippen molar-refractivity contribution in [1.82, 2.24) is 0 Å². The summed E-state index contributed by atoms with van der Waals surface area (Å²) in [4.78, 5) is 28.1. The maximum Gasteiger partial charge on any atom is 0.258 e. The van der Waals surface area contributed by atoms with Crippen molar-refractivity contribution in [2.45, 2.75) is 45.6 Å². The Kier molecular flexibility index (Phi) is 5.64. The fourth-order valence-electron chi connectivity index (χ4n) is 4.33. The Balaban J connectivity index is 1.58. The van der Waals surface area contributed by atoms with Crippen LogP contribution in [-0.2, 0) is 6.42 Å². The van der Waals surface area contributed by atoms with Gasteiger partial charge in [0.05, 0.1) is 0 Å². The molecule has 0 atom stereocenters.